The third-order valence-corrected chi connectivity index (χ3v) is 18.4. The Kier molecular flexibility index (Phi) is 63.0. The summed E-state index contributed by atoms with van der Waals surface area (Å²) >= 11 is 0. The number of phosphoric ester groups is 2. The van der Waals surface area contributed by atoms with Crippen LogP contribution in [0.1, 0.15) is 369 Å². The molecule has 19 heteroatoms. The largest absolute Gasteiger partial charge is 0.472 e. The van der Waals surface area contributed by atoms with Gasteiger partial charge in [0.05, 0.1) is 26.4 Å². The summed E-state index contributed by atoms with van der Waals surface area (Å²) in [6.07, 6.45) is 51.5. The number of phosphoric acid groups is 2. The van der Waals surface area contributed by atoms with Gasteiger partial charge in [-0.15, -0.1) is 0 Å². The number of carbonyl (C=O) groups is 4. The molecular formula is C71H138O17P2. The average molecular weight is 1330 g/mol. The van der Waals surface area contributed by atoms with Gasteiger partial charge < -0.3 is 33.8 Å². The Bertz CT molecular complexity index is 1740. The average Bonchev–Trinajstić information content (AvgIpc) is 3.26. The van der Waals surface area contributed by atoms with Gasteiger partial charge in [0, 0.05) is 25.7 Å². The normalized spacial score (nSPS) is 14.1. The van der Waals surface area contributed by atoms with Crippen LogP contribution in [0.15, 0.2) is 0 Å². The molecule has 0 fully saturated rings. The van der Waals surface area contributed by atoms with E-state index >= 15 is 0 Å². The van der Waals surface area contributed by atoms with Gasteiger partial charge in [0.1, 0.15) is 19.3 Å². The number of carbonyl (C=O) groups excluding carboxylic acids is 4. The fourth-order valence-electron chi connectivity index (χ4n) is 10.8. The number of hydrogen-bond donors (Lipinski definition) is 3. The summed E-state index contributed by atoms with van der Waals surface area (Å²) in [6.45, 7) is 7.22. The summed E-state index contributed by atoms with van der Waals surface area (Å²) in [5.41, 5.74) is 0. The molecule has 0 aliphatic rings. The SMILES string of the molecule is CCCCCCCCCCCCCCCCCCCCC(=O)O[C@H](COC(=O)CCCCCCCCCCCCCCCC(C)C)COP(=O)(O)OC[C@@H](O)COP(=O)(O)OC[C@@H](COC(=O)CCCCCCCCC)OC(=O)CCCCCCCCCCC. The van der Waals surface area contributed by atoms with E-state index in [4.69, 9.17) is 37.0 Å². The number of rotatable bonds is 71. The zero-order chi connectivity index (χ0) is 66.3. The van der Waals surface area contributed by atoms with Crippen LogP contribution in [0, 0.1) is 5.92 Å². The lowest BCUT2D eigenvalue weighted by molar-refractivity contribution is -0.161. The van der Waals surface area contributed by atoms with E-state index in [1.807, 2.05) is 0 Å². The van der Waals surface area contributed by atoms with E-state index in [0.29, 0.717) is 25.7 Å². The van der Waals surface area contributed by atoms with Crippen LogP contribution in [0.3, 0.4) is 0 Å². The zero-order valence-corrected chi connectivity index (χ0v) is 60.1. The Balaban J connectivity index is 5.17. The number of aliphatic hydroxyl groups is 1. The van der Waals surface area contributed by atoms with E-state index in [2.05, 4.69) is 34.6 Å². The first-order chi connectivity index (χ1) is 43.5. The monoisotopic (exact) mass is 1320 g/mol. The van der Waals surface area contributed by atoms with Crippen LogP contribution in [0.2, 0.25) is 0 Å². The van der Waals surface area contributed by atoms with Gasteiger partial charge in [-0.3, -0.25) is 37.3 Å². The van der Waals surface area contributed by atoms with E-state index in [-0.39, 0.29) is 25.7 Å². The van der Waals surface area contributed by atoms with Crippen LogP contribution in [0.4, 0.5) is 0 Å². The standard InChI is InChI=1S/C71H138O17P2/c1-6-9-12-15-18-20-21-22-23-24-25-26-29-33-37-42-47-52-57-71(76)88-67(61-82-69(74)55-50-45-40-36-32-30-27-28-31-35-39-43-48-53-64(4)5)63-86-90(79,80)84-59-65(72)58-83-89(77,78)85-62-66(60-81-68(73)54-49-44-38-17-14-11-8-3)87-70(75)56-51-46-41-34-19-16-13-10-7-2/h64-67,72H,6-63H2,1-5H3,(H,77,78)(H,79,80)/t65-,66+,67+/m0/s1. The second kappa shape index (κ2) is 64.4. The quantitative estimate of drug-likeness (QED) is 0.0222. The molecule has 0 radical (unpaired) electrons. The van der Waals surface area contributed by atoms with Gasteiger partial charge in [0.25, 0.3) is 0 Å². The predicted octanol–water partition coefficient (Wildman–Crippen LogP) is 20.5. The first-order valence-electron chi connectivity index (χ1n) is 37.1. The highest BCUT2D eigenvalue weighted by atomic mass is 31.2. The summed E-state index contributed by atoms with van der Waals surface area (Å²) in [5, 5.41) is 10.6. The number of unbranched alkanes of at least 4 members (excludes halogenated alkanes) is 43. The summed E-state index contributed by atoms with van der Waals surface area (Å²) in [6, 6.07) is 0. The molecule has 0 heterocycles. The molecule has 17 nitrogen and oxygen atoms in total. The highest BCUT2D eigenvalue weighted by Gasteiger charge is 2.30. The van der Waals surface area contributed by atoms with E-state index in [9.17, 15) is 43.2 Å². The molecule has 0 aliphatic heterocycles. The van der Waals surface area contributed by atoms with Gasteiger partial charge in [0.2, 0.25) is 0 Å². The van der Waals surface area contributed by atoms with Crippen molar-refractivity contribution in [3.63, 3.8) is 0 Å². The third-order valence-electron chi connectivity index (χ3n) is 16.5. The summed E-state index contributed by atoms with van der Waals surface area (Å²) in [4.78, 5) is 72.4. The van der Waals surface area contributed by atoms with Gasteiger partial charge in [-0.05, 0) is 31.6 Å². The minimum atomic E-state index is -4.95. The van der Waals surface area contributed by atoms with Crippen molar-refractivity contribution in [3.05, 3.63) is 0 Å². The lowest BCUT2D eigenvalue weighted by Gasteiger charge is -2.21. The molecule has 0 spiro atoms. The Labute approximate surface area is 549 Å². The number of aliphatic hydroxyl groups excluding tert-OH is 1. The van der Waals surface area contributed by atoms with Crippen molar-refractivity contribution in [2.75, 3.05) is 39.6 Å². The van der Waals surface area contributed by atoms with Crippen LogP contribution >= 0.6 is 15.6 Å². The highest BCUT2D eigenvalue weighted by Crippen LogP contribution is 2.45. The number of esters is 4. The van der Waals surface area contributed by atoms with E-state index in [0.717, 1.165) is 109 Å². The Hall–Kier alpha value is -1.94. The van der Waals surface area contributed by atoms with Crippen molar-refractivity contribution in [3.8, 4) is 0 Å². The molecule has 90 heavy (non-hydrogen) atoms. The second-order valence-electron chi connectivity index (χ2n) is 26.1. The molecule has 5 atom stereocenters. The first-order valence-corrected chi connectivity index (χ1v) is 40.1. The Morgan fingerprint density at radius 3 is 0.756 bits per heavy atom. The van der Waals surface area contributed by atoms with Gasteiger partial charge in [-0.25, -0.2) is 9.13 Å². The number of ether oxygens (including phenoxy) is 4. The minimum absolute atomic E-state index is 0.106. The molecule has 0 aliphatic carbocycles. The summed E-state index contributed by atoms with van der Waals surface area (Å²) in [5.74, 6) is -1.34. The van der Waals surface area contributed by atoms with Gasteiger partial charge in [0.15, 0.2) is 12.2 Å². The van der Waals surface area contributed by atoms with Crippen molar-refractivity contribution in [2.45, 2.75) is 387 Å². The van der Waals surface area contributed by atoms with Crippen molar-refractivity contribution in [1.82, 2.24) is 0 Å². The van der Waals surface area contributed by atoms with Crippen molar-refractivity contribution >= 4 is 39.5 Å². The minimum Gasteiger partial charge on any atom is -0.462 e. The molecule has 0 amide bonds. The molecular weight excluding hydrogens is 1190 g/mol. The van der Waals surface area contributed by atoms with E-state index in [1.165, 1.54) is 180 Å². The van der Waals surface area contributed by atoms with E-state index < -0.39 is 97.5 Å². The molecule has 0 aromatic rings. The molecule has 534 valence electrons. The molecule has 0 aromatic carbocycles. The Morgan fingerprint density at radius 2 is 0.511 bits per heavy atom. The molecule has 0 rings (SSSR count). The van der Waals surface area contributed by atoms with Gasteiger partial charge in [-0.1, -0.05) is 317 Å². The fraction of sp³-hybridized carbons (Fsp3) is 0.944. The van der Waals surface area contributed by atoms with Crippen molar-refractivity contribution < 1.29 is 80.2 Å². The third kappa shape index (κ3) is 64.8. The van der Waals surface area contributed by atoms with Crippen LogP contribution in [0.25, 0.3) is 0 Å². The molecule has 0 bridgehead atoms. The van der Waals surface area contributed by atoms with Crippen molar-refractivity contribution in [1.29, 1.82) is 0 Å². The predicted molar refractivity (Wildman–Crippen MR) is 363 cm³/mol. The molecule has 0 saturated heterocycles. The highest BCUT2D eigenvalue weighted by molar-refractivity contribution is 7.47. The molecule has 2 unspecified atom stereocenters. The lowest BCUT2D eigenvalue weighted by atomic mass is 10.0. The lowest BCUT2D eigenvalue weighted by Crippen LogP contribution is -2.30. The molecule has 0 saturated carbocycles. The van der Waals surface area contributed by atoms with Crippen LogP contribution in [-0.4, -0.2) is 96.7 Å². The van der Waals surface area contributed by atoms with Crippen LogP contribution in [0.5, 0.6) is 0 Å². The maximum Gasteiger partial charge on any atom is 0.472 e. The topological polar surface area (TPSA) is 237 Å². The molecule has 3 N–H and O–H groups in total. The van der Waals surface area contributed by atoms with Gasteiger partial charge in [-0.2, -0.15) is 0 Å². The molecule has 0 aromatic heterocycles. The fourth-order valence-corrected chi connectivity index (χ4v) is 12.4. The van der Waals surface area contributed by atoms with Crippen LogP contribution < -0.4 is 0 Å². The maximum atomic E-state index is 13.0. The summed E-state index contributed by atoms with van der Waals surface area (Å²) in [7, 11) is -9.89. The maximum absolute atomic E-state index is 13.0. The van der Waals surface area contributed by atoms with E-state index in [1.54, 1.807) is 0 Å². The van der Waals surface area contributed by atoms with Crippen molar-refractivity contribution in [2.24, 2.45) is 5.92 Å². The summed E-state index contributed by atoms with van der Waals surface area (Å²) < 4.78 is 68.2. The Morgan fingerprint density at radius 1 is 0.300 bits per heavy atom. The second-order valence-corrected chi connectivity index (χ2v) is 29.0. The van der Waals surface area contributed by atoms with Gasteiger partial charge >= 0.3 is 39.5 Å². The van der Waals surface area contributed by atoms with Crippen LogP contribution in [-0.2, 0) is 65.4 Å². The number of hydrogen-bond acceptors (Lipinski definition) is 15. The zero-order valence-electron chi connectivity index (χ0n) is 58.3. The first kappa shape index (κ1) is 88.1. The smallest absolute Gasteiger partial charge is 0.462 e.